The number of aliphatic hydroxyl groups is 1. The van der Waals surface area contributed by atoms with Crippen molar-refractivity contribution < 1.29 is 5.11 Å². The van der Waals surface area contributed by atoms with E-state index in [0.29, 0.717) is 17.8 Å². The fourth-order valence-corrected chi connectivity index (χ4v) is 4.68. The molecule has 0 heterocycles. The van der Waals surface area contributed by atoms with Gasteiger partial charge in [0.25, 0.3) is 0 Å². The third-order valence-corrected chi connectivity index (χ3v) is 5.30. The number of fused-ring (bicyclic) bond motifs is 5. The maximum atomic E-state index is 10.6. The minimum atomic E-state index is -0.108. The van der Waals surface area contributed by atoms with Gasteiger partial charge in [-0.15, -0.1) is 0 Å². The molecule has 2 bridgehead atoms. The lowest BCUT2D eigenvalue weighted by molar-refractivity contribution is 0.0496. The molecule has 0 spiro atoms. The fourth-order valence-electron chi connectivity index (χ4n) is 4.68. The lowest BCUT2D eigenvalue weighted by Gasteiger charge is -2.35. The second-order valence-corrected chi connectivity index (χ2v) is 5.90. The maximum absolute atomic E-state index is 10.6. The Labute approximate surface area is 102 Å². The molecule has 0 amide bonds. The van der Waals surface area contributed by atoms with Gasteiger partial charge in [-0.2, -0.15) is 0 Å². The van der Waals surface area contributed by atoms with Crippen LogP contribution in [-0.2, 0) is 0 Å². The molecule has 88 valence electrons. The quantitative estimate of drug-likeness (QED) is 0.730. The van der Waals surface area contributed by atoms with Crippen molar-refractivity contribution >= 4 is 0 Å². The summed E-state index contributed by atoms with van der Waals surface area (Å²) in [6.45, 7) is 0. The van der Waals surface area contributed by atoms with E-state index < -0.39 is 0 Å². The average Bonchev–Trinajstić information content (AvgIpc) is 3.00. The van der Waals surface area contributed by atoms with Gasteiger partial charge in [0.1, 0.15) is 0 Å². The molecule has 3 aliphatic carbocycles. The minimum Gasteiger partial charge on any atom is -0.392 e. The third-order valence-electron chi connectivity index (χ3n) is 5.30. The summed E-state index contributed by atoms with van der Waals surface area (Å²) in [4.78, 5) is 0. The van der Waals surface area contributed by atoms with Crippen molar-refractivity contribution in [2.24, 2.45) is 23.7 Å². The molecular formula is C16H18O. The van der Waals surface area contributed by atoms with E-state index in [-0.39, 0.29) is 6.10 Å². The number of aliphatic hydroxyl groups excluding tert-OH is 1. The molecule has 2 saturated carbocycles. The molecule has 4 rings (SSSR count). The number of hydrogen-bond donors (Lipinski definition) is 1. The van der Waals surface area contributed by atoms with Gasteiger partial charge < -0.3 is 5.11 Å². The first-order chi connectivity index (χ1) is 8.36. The number of hydrogen-bond acceptors (Lipinski definition) is 1. The second kappa shape index (κ2) is 3.46. The summed E-state index contributed by atoms with van der Waals surface area (Å²) in [6.07, 6.45) is 7.07. The zero-order valence-electron chi connectivity index (χ0n) is 9.87. The molecule has 0 radical (unpaired) electrons. The minimum absolute atomic E-state index is 0.108. The summed E-state index contributed by atoms with van der Waals surface area (Å²) in [7, 11) is 0. The van der Waals surface area contributed by atoms with E-state index in [1.807, 2.05) is 0 Å². The van der Waals surface area contributed by atoms with E-state index >= 15 is 0 Å². The Bertz CT molecular complexity index is 450. The predicted molar refractivity (Wildman–Crippen MR) is 67.5 cm³/mol. The summed E-state index contributed by atoms with van der Waals surface area (Å²) in [5, 5.41) is 10.6. The van der Waals surface area contributed by atoms with Crippen molar-refractivity contribution in [2.75, 3.05) is 0 Å². The summed E-state index contributed by atoms with van der Waals surface area (Å²) < 4.78 is 0. The van der Waals surface area contributed by atoms with Crippen LogP contribution in [0.2, 0.25) is 0 Å². The van der Waals surface area contributed by atoms with Crippen molar-refractivity contribution in [1.82, 2.24) is 0 Å². The van der Waals surface area contributed by atoms with E-state index in [0.717, 1.165) is 11.8 Å². The zero-order chi connectivity index (χ0) is 11.4. The van der Waals surface area contributed by atoms with Crippen LogP contribution in [0.4, 0.5) is 0 Å². The van der Waals surface area contributed by atoms with Crippen LogP contribution in [-0.4, -0.2) is 11.2 Å². The summed E-state index contributed by atoms with van der Waals surface area (Å²) in [5.74, 6) is 3.10. The molecule has 1 N–H and O–H groups in total. The molecule has 1 aromatic rings. The smallest absolute Gasteiger partial charge is 0.0642 e. The average molecular weight is 226 g/mol. The largest absolute Gasteiger partial charge is 0.392 e. The van der Waals surface area contributed by atoms with E-state index in [1.165, 1.54) is 18.4 Å². The fraction of sp³-hybridized carbons (Fsp3) is 0.500. The molecule has 2 fully saturated rings. The number of rotatable bonds is 1. The topological polar surface area (TPSA) is 20.2 Å². The standard InChI is InChI=1S/C16H18O/c17-16-14-9-13(11-7-4-8-12(11)14)15(16)10-5-2-1-3-6-10/h1-7,11-17H,8-9H2. The monoisotopic (exact) mass is 226 g/mol. The first-order valence-electron chi connectivity index (χ1n) is 6.76. The Kier molecular flexibility index (Phi) is 2.01. The Morgan fingerprint density at radius 1 is 1.00 bits per heavy atom. The van der Waals surface area contributed by atoms with Crippen LogP contribution in [0, 0.1) is 23.7 Å². The van der Waals surface area contributed by atoms with E-state index in [1.54, 1.807) is 0 Å². The van der Waals surface area contributed by atoms with Crippen LogP contribution in [0.1, 0.15) is 24.3 Å². The summed E-state index contributed by atoms with van der Waals surface area (Å²) in [5.41, 5.74) is 1.34. The molecule has 0 aromatic heterocycles. The molecule has 0 saturated heterocycles. The van der Waals surface area contributed by atoms with Gasteiger partial charge in [0.15, 0.2) is 0 Å². The lowest BCUT2D eigenvalue weighted by atomic mass is 9.71. The van der Waals surface area contributed by atoms with Crippen molar-refractivity contribution in [1.29, 1.82) is 0 Å². The Morgan fingerprint density at radius 3 is 2.65 bits per heavy atom. The van der Waals surface area contributed by atoms with E-state index in [4.69, 9.17) is 0 Å². The highest BCUT2D eigenvalue weighted by Gasteiger charge is 2.57. The summed E-state index contributed by atoms with van der Waals surface area (Å²) in [6, 6.07) is 10.6. The van der Waals surface area contributed by atoms with Gasteiger partial charge in [-0.1, -0.05) is 42.5 Å². The molecule has 3 aliphatic rings. The highest BCUT2D eigenvalue weighted by molar-refractivity contribution is 5.29. The van der Waals surface area contributed by atoms with Gasteiger partial charge in [0.2, 0.25) is 0 Å². The van der Waals surface area contributed by atoms with Crippen molar-refractivity contribution in [3.8, 4) is 0 Å². The molecule has 1 aromatic carbocycles. The highest BCUT2D eigenvalue weighted by Crippen LogP contribution is 2.61. The van der Waals surface area contributed by atoms with Gasteiger partial charge in [-0.3, -0.25) is 0 Å². The van der Waals surface area contributed by atoms with Crippen molar-refractivity contribution in [3.05, 3.63) is 48.0 Å². The second-order valence-electron chi connectivity index (χ2n) is 5.90. The van der Waals surface area contributed by atoms with Gasteiger partial charge in [-0.25, -0.2) is 0 Å². The van der Waals surface area contributed by atoms with Gasteiger partial charge in [-0.05, 0) is 42.1 Å². The van der Waals surface area contributed by atoms with Gasteiger partial charge in [0, 0.05) is 5.92 Å². The SMILES string of the molecule is OC1C2CC(C3C=CCC32)C1c1ccccc1. The number of allylic oxidation sites excluding steroid dienone is 2. The predicted octanol–water partition coefficient (Wildman–Crippen LogP) is 2.97. The first-order valence-corrected chi connectivity index (χ1v) is 6.76. The van der Waals surface area contributed by atoms with E-state index in [2.05, 4.69) is 42.5 Å². The van der Waals surface area contributed by atoms with Crippen LogP contribution in [0.5, 0.6) is 0 Å². The van der Waals surface area contributed by atoms with Gasteiger partial charge in [0.05, 0.1) is 6.10 Å². The molecule has 1 heteroatoms. The Hall–Kier alpha value is -1.08. The number of benzene rings is 1. The van der Waals surface area contributed by atoms with Crippen LogP contribution < -0.4 is 0 Å². The maximum Gasteiger partial charge on any atom is 0.0642 e. The molecule has 17 heavy (non-hydrogen) atoms. The highest BCUT2D eigenvalue weighted by atomic mass is 16.3. The van der Waals surface area contributed by atoms with E-state index in [9.17, 15) is 5.11 Å². The zero-order valence-corrected chi connectivity index (χ0v) is 9.87. The lowest BCUT2D eigenvalue weighted by Crippen LogP contribution is -2.34. The van der Waals surface area contributed by atoms with Crippen LogP contribution in [0.3, 0.4) is 0 Å². The van der Waals surface area contributed by atoms with Crippen molar-refractivity contribution in [2.45, 2.75) is 24.9 Å². The Morgan fingerprint density at radius 2 is 1.82 bits per heavy atom. The summed E-state index contributed by atoms with van der Waals surface area (Å²) >= 11 is 0. The first kappa shape index (κ1) is 9.90. The van der Waals surface area contributed by atoms with Gasteiger partial charge >= 0.3 is 0 Å². The van der Waals surface area contributed by atoms with Crippen LogP contribution in [0.15, 0.2) is 42.5 Å². The molecule has 6 atom stereocenters. The molecule has 1 nitrogen and oxygen atoms in total. The Balaban J connectivity index is 1.72. The van der Waals surface area contributed by atoms with Crippen LogP contribution >= 0.6 is 0 Å². The molecule has 0 aliphatic heterocycles. The van der Waals surface area contributed by atoms with Crippen molar-refractivity contribution in [3.63, 3.8) is 0 Å². The normalized spacial score (nSPS) is 46.4. The molecular weight excluding hydrogens is 208 g/mol. The molecule has 6 unspecified atom stereocenters. The third kappa shape index (κ3) is 1.23. The van der Waals surface area contributed by atoms with Crippen LogP contribution in [0.25, 0.3) is 0 Å².